The first-order chi connectivity index (χ1) is 17.5. The first-order valence-electron chi connectivity index (χ1n) is 12.2. The van der Waals surface area contributed by atoms with E-state index in [0.29, 0.717) is 18.3 Å². The highest BCUT2D eigenvalue weighted by Crippen LogP contribution is 2.26. The number of aromatic nitrogens is 2. The number of ether oxygens (including phenoxy) is 2. The van der Waals surface area contributed by atoms with Gasteiger partial charge in [0.05, 0.1) is 17.6 Å². The Kier molecular flexibility index (Phi) is 7.39. The second-order valence-electron chi connectivity index (χ2n) is 9.19. The Morgan fingerprint density at radius 1 is 1.03 bits per heavy atom. The summed E-state index contributed by atoms with van der Waals surface area (Å²) < 4.78 is 11.0. The lowest BCUT2D eigenvalue weighted by Crippen LogP contribution is -2.33. The van der Waals surface area contributed by atoms with Crippen molar-refractivity contribution in [2.45, 2.75) is 25.8 Å². The van der Waals surface area contributed by atoms with E-state index >= 15 is 0 Å². The van der Waals surface area contributed by atoms with Crippen LogP contribution in [0.15, 0.2) is 66.7 Å². The van der Waals surface area contributed by atoms with Crippen LogP contribution in [0.4, 0.5) is 4.79 Å². The highest BCUT2D eigenvalue weighted by molar-refractivity contribution is 6.30. The quantitative estimate of drug-likeness (QED) is 0.306. The van der Waals surface area contributed by atoms with Crippen molar-refractivity contribution in [1.29, 1.82) is 0 Å². The monoisotopic (exact) mass is 504 g/mol. The van der Waals surface area contributed by atoms with E-state index in [9.17, 15) is 4.79 Å². The Morgan fingerprint density at radius 2 is 1.75 bits per heavy atom. The summed E-state index contributed by atoms with van der Waals surface area (Å²) in [7, 11) is 0. The average molecular weight is 505 g/mol. The number of nitrogens with two attached hydrogens (primary N) is 1. The normalized spacial score (nSPS) is 14.7. The Balaban J connectivity index is 1.08. The number of imidazole rings is 1. The van der Waals surface area contributed by atoms with Gasteiger partial charge < -0.3 is 20.2 Å². The Bertz CT molecular complexity index is 1310. The van der Waals surface area contributed by atoms with Crippen molar-refractivity contribution in [3.63, 3.8) is 0 Å². The van der Waals surface area contributed by atoms with Crippen LogP contribution in [0.2, 0.25) is 5.02 Å². The molecule has 36 heavy (non-hydrogen) atoms. The van der Waals surface area contributed by atoms with E-state index in [1.54, 1.807) is 18.2 Å². The number of rotatable bonds is 8. The number of amides is 1. The average Bonchev–Trinajstić information content (AvgIpc) is 3.30. The number of aromatic amines is 1. The molecule has 186 valence electrons. The molecule has 0 unspecified atom stereocenters. The highest BCUT2D eigenvalue weighted by atomic mass is 35.5. The molecule has 5 rings (SSSR count). The van der Waals surface area contributed by atoms with Gasteiger partial charge in [-0.1, -0.05) is 23.7 Å². The van der Waals surface area contributed by atoms with Gasteiger partial charge in [-0.15, -0.1) is 0 Å². The van der Waals surface area contributed by atoms with Crippen molar-refractivity contribution < 1.29 is 14.3 Å². The molecule has 1 fully saturated rings. The predicted octanol–water partition coefficient (Wildman–Crippen LogP) is 6.02. The van der Waals surface area contributed by atoms with Crippen LogP contribution < -0.4 is 15.2 Å². The Labute approximate surface area is 215 Å². The Morgan fingerprint density at radius 3 is 2.47 bits per heavy atom. The number of halogens is 1. The van der Waals surface area contributed by atoms with Crippen molar-refractivity contribution in [2.24, 2.45) is 11.7 Å². The second-order valence-corrected chi connectivity index (χ2v) is 9.63. The maximum atomic E-state index is 11.0. The molecule has 7 nitrogen and oxygen atoms in total. The number of likely N-dealkylation sites (tertiary alicyclic amines) is 1. The zero-order chi connectivity index (χ0) is 24.9. The van der Waals surface area contributed by atoms with Crippen molar-refractivity contribution in [3.05, 3.63) is 77.3 Å². The molecular weight excluding hydrogens is 476 g/mol. The second kappa shape index (κ2) is 11.0. The van der Waals surface area contributed by atoms with Crippen LogP contribution in [0.25, 0.3) is 22.4 Å². The first kappa shape index (κ1) is 24.2. The number of primary amides is 1. The van der Waals surface area contributed by atoms with Crippen molar-refractivity contribution in [2.75, 3.05) is 19.7 Å². The fraction of sp³-hybridized carbons (Fsp3) is 0.286. The Hall–Kier alpha value is -3.55. The molecule has 0 atom stereocenters. The van der Waals surface area contributed by atoms with Crippen molar-refractivity contribution in [3.8, 4) is 22.9 Å². The van der Waals surface area contributed by atoms with E-state index in [4.69, 9.17) is 26.8 Å². The van der Waals surface area contributed by atoms with Gasteiger partial charge in [0.15, 0.2) is 0 Å². The van der Waals surface area contributed by atoms with Crippen LogP contribution in [0.5, 0.6) is 11.5 Å². The molecule has 8 heteroatoms. The summed E-state index contributed by atoms with van der Waals surface area (Å²) in [6.07, 6.45) is 2.63. The molecule has 3 aromatic carbocycles. The van der Waals surface area contributed by atoms with Gasteiger partial charge in [0.2, 0.25) is 0 Å². The van der Waals surface area contributed by atoms with E-state index in [0.717, 1.165) is 59.2 Å². The van der Waals surface area contributed by atoms with E-state index in [-0.39, 0.29) is 0 Å². The fourth-order valence-electron chi connectivity index (χ4n) is 4.64. The van der Waals surface area contributed by atoms with E-state index in [1.165, 1.54) is 18.4 Å². The molecule has 1 aliphatic heterocycles. The number of nitrogens with one attached hydrogen (secondary N) is 1. The number of piperidine rings is 1. The molecule has 4 aromatic rings. The lowest BCUT2D eigenvalue weighted by molar-refractivity contribution is 0.157. The molecule has 0 saturated carbocycles. The molecule has 0 bridgehead atoms. The molecule has 0 spiro atoms. The highest BCUT2D eigenvalue weighted by Gasteiger charge is 2.19. The van der Waals surface area contributed by atoms with Crippen LogP contribution in [-0.2, 0) is 6.54 Å². The number of carbonyl (C=O) groups is 1. The molecule has 1 aromatic heterocycles. The third-order valence-electron chi connectivity index (χ3n) is 6.62. The smallest absolute Gasteiger partial charge is 0.409 e. The van der Waals surface area contributed by atoms with Crippen LogP contribution in [0, 0.1) is 5.92 Å². The van der Waals surface area contributed by atoms with Crippen LogP contribution >= 0.6 is 11.6 Å². The molecule has 1 aliphatic rings. The fourth-order valence-corrected chi connectivity index (χ4v) is 4.76. The van der Waals surface area contributed by atoms with E-state index in [2.05, 4.69) is 27.0 Å². The topological polar surface area (TPSA) is 93.5 Å². The summed E-state index contributed by atoms with van der Waals surface area (Å²) in [5.41, 5.74) is 8.90. The predicted molar refractivity (Wildman–Crippen MR) is 141 cm³/mol. The molecule has 2 heterocycles. The number of carbonyl (C=O) groups excluding carboxylic acids is 1. The van der Waals surface area contributed by atoms with E-state index in [1.807, 2.05) is 36.4 Å². The minimum atomic E-state index is -0.843. The molecular formula is C28H29ClN4O3. The maximum absolute atomic E-state index is 11.0. The van der Waals surface area contributed by atoms with Crippen molar-refractivity contribution >= 4 is 28.7 Å². The zero-order valence-electron chi connectivity index (χ0n) is 20.0. The number of hydrogen-bond donors (Lipinski definition) is 2. The van der Waals surface area contributed by atoms with Gasteiger partial charge in [-0.3, -0.25) is 4.90 Å². The molecule has 1 amide bonds. The van der Waals surface area contributed by atoms with Gasteiger partial charge in [-0.05, 0) is 92.4 Å². The van der Waals surface area contributed by atoms with Gasteiger partial charge in [-0.2, -0.15) is 0 Å². The standard InChI is InChI=1S/C28H29ClN4O3/c29-22-5-1-20(2-6-22)18-33-14-11-19(12-15-33)13-16-35-23-7-3-21(4-8-23)27-31-25-10-9-24(36-28(30)34)17-26(25)32-27/h1-10,17,19H,11-16,18H2,(H2,30,34)(H,31,32). The van der Waals surface area contributed by atoms with E-state index < -0.39 is 6.09 Å². The molecule has 3 N–H and O–H groups in total. The largest absolute Gasteiger partial charge is 0.494 e. The SMILES string of the molecule is NC(=O)Oc1ccc2nc(-c3ccc(OCCC4CCN(Cc5ccc(Cl)cc5)CC4)cc3)[nH]c2c1. The van der Waals surface area contributed by atoms with Crippen LogP contribution in [0.3, 0.4) is 0 Å². The summed E-state index contributed by atoms with van der Waals surface area (Å²) in [6.45, 7) is 3.94. The van der Waals surface area contributed by atoms with Gasteiger partial charge >= 0.3 is 6.09 Å². The van der Waals surface area contributed by atoms with Gasteiger partial charge in [0.25, 0.3) is 0 Å². The number of hydrogen-bond acceptors (Lipinski definition) is 5. The number of nitrogens with zero attached hydrogens (tertiary/aromatic N) is 2. The summed E-state index contributed by atoms with van der Waals surface area (Å²) in [5, 5.41) is 0.786. The number of H-pyrrole nitrogens is 1. The molecule has 0 radical (unpaired) electrons. The third kappa shape index (κ3) is 6.17. The maximum Gasteiger partial charge on any atom is 0.409 e. The lowest BCUT2D eigenvalue weighted by atomic mass is 9.93. The van der Waals surface area contributed by atoms with Crippen LogP contribution in [0.1, 0.15) is 24.8 Å². The molecule has 1 saturated heterocycles. The summed E-state index contributed by atoms with van der Waals surface area (Å²) in [4.78, 5) is 21.4. The van der Waals surface area contributed by atoms with Gasteiger partial charge in [-0.25, -0.2) is 9.78 Å². The minimum absolute atomic E-state index is 0.376. The van der Waals surface area contributed by atoms with Crippen molar-refractivity contribution in [1.82, 2.24) is 14.9 Å². The number of fused-ring (bicyclic) bond motifs is 1. The molecule has 0 aliphatic carbocycles. The van der Waals surface area contributed by atoms with Crippen LogP contribution in [-0.4, -0.2) is 40.7 Å². The first-order valence-corrected chi connectivity index (χ1v) is 12.6. The third-order valence-corrected chi connectivity index (χ3v) is 6.87. The zero-order valence-corrected chi connectivity index (χ0v) is 20.7. The summed E-state index contributed by atoms with van der Waals surface area (Å²) in [6, 6.07) is 21.2. The van der Waals surface area contributed by atoms with Gasteiger partial charge in [0.1, 0.15) is 17.3 Å². The minimum Gasteiger partial charge on any atom is -0.494 e. The van der Waals surface area contributed by atoms with Gasteiger partial charge in [0, 0.05) is 23.2 Å². The lowest BCUT2D eigenvalue weighted by Gasteiger charge is -2.32. The summed E-state index contributed by atoms with van der Waals surface area (Å²) >= 11 is 5.99. The number of benzene rings is 3. The summed E-state index contributed by atoms with van der Waals surface area (Å²) in [5.74, 6) is 2.66.